The molecule has 2 N–H and O–H groups in total. The topological polar surface area (TPSA) is 99.1 Å². The molecule has 0 aromatic heterocycles. The quantitative estimate of drug-likeness (QED) is 0.637. The number of hydrogen-bond acceptors (Lipinski definition) is 5. The van der Waals surface area contributed by atoms with Gasteiger partial charge in [0.2, 0.25) is 10.0 Å². The Morgan fingerprint density at radius 3 is 2.35 bits per heavy atom. The Morgan fingerprint density at radius 1 is 1.00 bits per heavy atom. The lowest BCUT2D eigenvalue weighted by molar-refractivity contribution is 0.0709. The lowest BCUT2D eigenvalue weighted by Crippen LogP contribution is -2.27. The largest absolute Gasteiger partial charge is 0.508 e. The minimum Gasteiger partial charge on any atom is -0.508 e. The normalized spacial score (nSPS) is 16.1. The number of carbonyl (C=O) groups excluding carboxylic acids is 1. The van der Waals surface area contributed by atoms with Crippen molar-refractivity contribution in [2.24, 2.45) is 5.10 Å². The number of sulfonamides is 1. The molecule has 158 valence electrons. The van der Waals surface area contributed by atoms with Crippen molar-refractivity contribution in [2.45, 2.75) is 12.5 Å². The van der Waals surface area contributed by atoms with Crippen LogP contribution in [-0.2, 0) is 10.0 Å². The van der Waals surface area contributed by atoms with E-state index in [0.717, 1.165) is 6.26 Å². The second-order valence-electron chi connectivity index (χ2n) is 7.26. The average molecular weight is 436 g/mol. The molecule has 3 aromatic carbocycles. The first-order valence-electron chi connectivity index (χ1n) is 9.64. The molecule has 0 fully saturated rings. The number of para-hydroxylation sites is 2. The van der Waals surface area contributed by atoms with Gasteiger partial charge in [0.15, 0.2) is 0 Å². The van der Waals surface area contributed by atoms with E-state index in [9.17, 15) is 18.3 Å². The molecule has 3 aromatic rings. The second-order valence-corrected chi connectivity index (χ2v) is 9.01. The third kappa shape index (κ3) is 4.44. The fourth-order valence-electron chi connectivity index (χ4n) is 3.61. The van der Waals surface area contributed by atoms with Crippen molar-refractivity contribution in [1.29, 1.82) is 0 Å². The minimum absolute atomic E-state index is 0.0670. The zero-order valence-corrected chi connectivity index (χ0v) is 17.6. The number of anilines is 1. The number of amides is 1. The van der Waals surface area contributed by atoms with Crippen molar-refractivity contribution < 1.29 is 18.3 Å². The van der Waals surface area contributed by atoms with E-state index in [1.54, 1.807) is 72.8 Å². The van der Waals surface area contributed by atoms with Crippen molar-refractivity contribution in [2.75, 3.05) is 11.0 Å². The van der Waals surface area contributed by atoms with Crippen molar-refractivity contribution in [3.63, 3.8) is 0 Å². The summed E-state index contributed by atoms with van der Waals surface area (Å²) in [6.07, 6.45) is 1.40. The van der Waals surface area contributed by atoms with E-state index >= 15 is 0 Å². The standard InChI is InChI=1S/C23H21N3O4S/c1-31(29,30)25-19-13-7-5-11-17(19)20-15-21(18-12-6-8-14-22(18)27)26(24-20)23(28)16-9-3-2-4-10-16/h2-14,21,25,27H,15H2,1H3/t21-/m1/s1. The monoisotopic (exact) mass is 435 g/mol. The van der Waals surface area contributed by atoms with Crippen LogP contribution in [0.25, 0.3) is 0 Å². The molecule has 4 rings (SSSR count). The number of rotatable bonds is 5. The van der Waals surface area contributed by atoms with Gasteiger partial charge < -0.3 is 5.11 Å². The molecule has 1 aliphatic rings. The SMILES string of the molecule is CS(=O)(=O)Nc1ccccc1C1=NN(C(=O)c2ccccc2)[C@@H](c2ccccc2O)C1. The third-order valence-corrected chi connectivity index (χ3v) is 5.56. The van der Waals surface area contributed by atoms with Gasteiger partial charge in [0.05, 0.1) is 23.7 Å². The maximum Gasteiger partial charge on any atom is 0.274 e. The molecule has 31 heavy (non-hydrogen) atoms. The van der Waals surface area contributed by atoms with E-state index in [4.69, 9.17) is 0 Å². The third-order valence-electron chi connectivity index (χ3n) is 4.97. The molecule has 0 aliphatic carbocycles. The summed E-state index contributed by atoms with van der Waals surface area (Å²) in [4.78, 5) is 13.3. The first-order chi connectivity index (χ1) is 14.8. The van der Waals surface area contributed by atoms with Crippen LogP contribution < -0.4 is 4.72 Å². The molecule has 1 atom stereocenters. The number of carbonyl (C=O) groups is 1. The predicted molar refractivity (Wildman–Crippen MR) is 120 cm³/mol. The minimum atomic E-state index is -3.50. The van der Waals surface area contributed by atoms with E-state index < -0.39 is 16.1 Å². The summed E-state index contributed by atoms with van der Waals surface area (Å²) in [5.41, 5.74) is 2.55. The van der Waals surface area contributed by atoms with Crippen LogP contribution in [0.3, 0.4) is 0 Å². The van der Waals surface area contributed by atoms with Gasteiger partial charge in [0.1, 0.15) is 5.75 Å². The van der Waals surface area contributed by atoms with Gasteiger partial charge in [-0.05, 0) is 24.3 Å². The molecule has 0 spiro atoms. The zero-order valence-electron chi connectivity index (χ0n) is 16.8. The molecule has 0 saturated heterocycles. The summed E-state index contributed by atoms with van der Waals surface area (Å²) < 4.78 is 26.1. The highest BCUT2D eigenvalue weighted by molar-refractivity contribution is 7.92. The Hall–Kier alpha value is -3.65. The van der Waals surface area contributed by atoms with Crippen LogP contribution in [0.5, 0.6) is 5.75 Å². The molecule has 1 aliphatic heterocycles. The van der Waals surface area contributed by atoms with E-state index in [0.29, 0.717) is 34.5 Å². The Balaban J connectivity index is 1.79. The first-order valence-corrected chi connectivity index (χ1v) is 11.5. The summed E-state index contributed by atoms with van der Waals surface area (Å²) in [7, 11) is -3.50. The molecule has 0 radical (unpaired) electrons. The number of benzene rings is 3. The maximum atomic E-state index is 13.3. The van der Waals surface area contributed by atoms with Gasteiger partial charge >= 0.3 is 0 Å². The summed E-state index contributed by atoms with van der Waals surface area (Å²) >= 11 is 0. The van der Waals surface area contributed by atoms with Crippen molar-refractivity contribution in [3.8, 4) is 5.75 Å². The van der Waals surface area contributed by atoms with Gasteiger partial charge in [0, 0.05) is 23.1 Å². The smallest absolute Gasteiger partial charge is 0.274 e. The lowest BCUT2D eigenvalue weighted by Gasteiger charge is -2.22. The molecule has 0 bridgehead atoms. The van der Waals surface area contributed by atoms with Crippen molar-refractivity contribution in [1.82, 2.24) is 5.01 Å². The Bertz CT molecular complexity index is 1260. The fourth-order valence-corrected chi connectivity index (χ4v) is 4.19. The van der Waals surface area contributed by atoms with Crippen LogP contribution in [0.1, 0.15) is 33.9 Å². The highest BCUT2D eigenvalue weighted by Crippen LogP contribution is 2.38. The molecule has 1 heterocycles. The van der Waals surface area contributed by atoms with Crippen molar-refractivity contribution >= 4 is 27.3 Å². The number of hydrazone groups is 1. The number of phenolic OH excluding ortho intramolecular Hbond substituents is 1. The molecule has 0 saturated carbocycles. The summed E-state index contributed by atoms with van der Waals surface area (Å²) in [5.74, 6) is -0.241. The number of aromatic hydroxyl groups is 1. The molecule has 0 unspecified atom stereocenters. The summed E-state index contributed by atoms with van der Waals surface area (Å²) in [5, 5.41) is 16.4. The van der Waals surface area contributed by atoms with Crippen LogP contribution in [0.15, 0.2) is 84.0 Å². The van der Waals surface area contributed by atoms with E-state index in [2.05, 4.69) is 9.82 Å². The highest BCUT2D eigenvalue weighted by atomic mass is 32.2. The average Bonchev–Trinajstić information content (AvgIpc) is 3.18. The fraction of sp³-hybridized carbons (Fsp3) is 0.130. The van der Waals surface area contributed by atoms with Gasteiger partial charge in [-0.15, -0.1) is 0 Å². The van der Waals surface area contributed by atoms with Crippen LogP contribution in [-0.4, -0.2) is 36.4 Å². The Labute approximate surface area is 180 Å². The molecular formula is C23H21N3O4S. The van der Waals surface area contributed by atoms with E-state index in [-0.39, 0.29) is 11.7 Å². The van der Waals surface area contributed by atoms with Crippen LogP contribution in [0.4, 0.5) is 5.69 Å². The lowest BCUT2D eigenvalue weighted by atomic mass is 9.96. The number of hydrogen-bond donors (Lipinski definition) is 2. The Morgan fingerprint density at radius 2 is 1.65 bits per heavy atom. The highest BCUT2D eigenvalue weighted by Gasteiger charge is 2.35. The molecule has 7 nitrogen and oxygen atoms in total. The van der Waals surface area contributed by atoms with E-state index in [1.165, 1.54) is 5.01 Å². The maximum absolute atomic E-state index is 13.3. The van der Waals surface area contributed by atoms with Gasteiger partial charge in [-0.3, -0.25) is 9.52 Å². The van der Waals surface area contributed by atoms with Crippen molar-refractivity contribution in [3.05, 3.63) is 95.6 Å². The molecule has 1 amide bonds. The molecule has 8 heteroatoms. The second kappa shape index (κ2) is 8.23. The summed E-state index contributed by atoms with van der Waals surface area (Å²) in [6, 6.07) is 22.0. The first kappa shape index (κ1) is 20.6. The zero-order chi connectivity index (χ0) is 22.0. The van der Waals surface area contributed by atoms with Gasteiger partial charge in [-0.1, -0.05) is 54.6 Å². The Kier molecular flexibility index (Phi) is 5.48. The van der Waals surface area contributed by atoms with Gasteiger partial charge in [-0.2, -0.15) is 5.10 Å². The van der Waals surface area contributed by atoms with Crippen LogP contribution in [0.2, 0.25) is 0 Å². The van der Waals surface area contributed by atoms with Crippen LogP contribution in [0, 0.1) is 0 Å². The summed E-state index contributed by atoms with van der Waals surface area (Å²) in [6.45, 7) is 0. The van der Waals surface area contributed by atoms with Gasteiger partial charge in [0.25, 0.3) is 5.91 Å². The number of phenols is 1. The number of nitrogens with one attached hydrogen (secondary N) is 1. The number of nitrogens with zero attached hydrogens (tertiary/aromatic N) is 2. The van der Waals surface area contributed by atoms with E-state index in [1.807, 2.05) is 6.07 Å². The predicted octanol–water partition coefficient (Wildman–Crippen LogP) is 3.76. The molecular weight excluding hydrogens is 414 g/mol. The van der Waals surface area contributed by atoms with Gasteiger partial charge in [-0.25, -0.2) is 13.4 Å². The van der Waals surface area contributed by atoms with Crippen LogP contribution >= 0.6 is 0 Å².